The number of nitrogens with two attached hydrogens (primary N) is 1. The van der Waals surface area contributed by atoms with Crippen LogP contribution in [0.25, 0.3) is 32.8 Å². The van der Waals surface area contributed by atoms with Crippen molar-refractivity contribution in [1.29, 1.82) is 0 Å². The number of halogens is 1. The lowest BCUT2D eigenvalue weighted by Gasteiger charge is -2.15. The Morgan fingerprint density at radius 3 is 2.79 bits per heavy atom. The lowest BCUT2D eigenvalue weighted by molar-refractivity contribution is 0.0785. The molecule has 166 valence electrons. The van der Waals surface area contributed by atoms with Crippen molar-refractivity contribution in [2.24, 2.45) is 12.8 Å². The number of likely N-dealkylation sites (tertiary alicyclic amines) is 1. The molecule has 2 aromatic heterocycles. The second-order valence-electron chi connectivity index (χ2n) is 8.33. The number of amides is 1. The summed E-state index contributed by atoms with van der Waals surface area (Å²) in [5.74, 6) is -0.407. The number of benzene rings is 2. The number of imidazole rings is 1. The van der Waals surface area contributed by atoms with Crippen LogP contribution in [0.1, 0.15) is 22.6 Å². The Bertz CT molecular complexity index is 1450. The first-order chi connectivity index (χ1) is 15.9. The van der Waals surface area contributed by atoms with Crippen molar-refractivity contribution in [1.82, 2.24) is 24.2 Å². The molecule has 1 aliphatic rings. The monoisotopic (exact) mass is 443 g/mol. The Morgan fingerprint density at radius 1 is 1.27 bits per heavy atom. The molecule has 2 aromatic carbocycles. The molecular weight excluding hydrogens is 421 g/mol. The smallest absolute Gasteiger partial charge is 0.274 e. The number of aromatic nitrogens is 4. The number of rotatable bonds is 3. The molecule has 0 radical (unpaired) electrons. The van der Waals surface area contributed by atoms with Crippen LogP contribution in [0, 0.1) is 19.3 Å². The van der Waals surface area contributed by atoms with Gasteiger partial charge in [0.25, 0.3) is 5.91 Å². The summed E-state index contributed by atoms with van der Waals surface area (Å²) >= 11 is 0. The van der Waals surface area contributed by atoms with Crippen LogP contribution < -0.4 is 5.73 Å². The van der Waals surface area contributed by atoms with Crippen LogP contribution >= 0.6 is 0 Å². The van der Waals surface area contributed by atoms with E-state index < -0.39 is 5.82 Å². The van der Waals surface area contributed by atoms with Gasteiger partial charge in [0.1, 0.15) is 17.3 Å². The van der Waals surface area contributed by atoms with Crippen LogP contribution in [-0.2, 0) is 7.05 Å². The highest BCUT2D eigenvalue weighted by Gasteiger charge is 2.30. The van der Waals surface area contributed by atoms with Gasteiger partial charge >= 0.3 is 0 Å². The van der Waals surface area contributed by atoms with Gasteiger partial charge in [0.2, 0.25) is 5.69 Å². The molecule has 0 spiro atoms. The third kappa shape index (κ3) is 3.54. The number of hydrogen-bond acceptors (Lipinski definition) is 4. The summed E-state index contributed by atoms with van der Waals surface area (Å²) in [6, 6.07) is 10.1. The van der Waals surface area contributed by atoms with Crippen LogP contribution in [-0.4, -0.2) is 49.3 Å². The van der Waals surface area contributed by atoms with Gasteiger partial charge in [-0.1, -0.05) is 12.1 Å². The van der Waals surface area contributed by atoms with Crippen molar-refractivity contribution in [2.45, 2.75) is 19.4 Å². The second-order valence-corrected chi connectivity index (χ2v) is 8.33. The average Bonchev–Trinajstić information content (AvgIpc) is 3.48. The highest BCUT2D eigenvalue weighted by molar-refractivity contribution is 5.95. The number of aryl methyl sites for hydroxylation is 1. The van der Waals surface area contributed by atoms with Crippen LogP contribution in [0.4, 0.5) is 10.1 Å². The van der Waals surface area contributed by atoms with E-state index in [0.717, 1.165) is 23.0 Å². The Labute approximate surface area is 189 Å². The minimum atomic E-state index is -0.631. The molecule has 1 fully saturated rings. The molecule has 0 aliphatic carbocycles. The number of hydrogen-bond donors (Lipinski definition) is 1. The standard InChI is InChI=1S/C24H22FN7O/c1-14-22(24(33)31-9-8-17(26)13-31)28-23(15-5-7-20(27-2)19(25)10-15)32(14)18-6-4-16-12-30(3)29-21(16)11-18/h4-7,10-12,17H,8-9,13,26H2,1,3H3/t17-/m0/s1. The predicted octanol–water partition coefficient (Wildman–Crippen LogP) is 3.60. The summed E-state index contributed by atoms with van der Waals surface area (Å²) in [6.07, 6.45) is 2.67. The number of carbonyl (C=O) groups excluding carboxylic acids is 1. The highest BCUT2D eigenvalue weighted by atomic mass is 19.1. The molecule has 5 rings (SSSR count). The zero-order valence-corrected chi connectivity index (χ0v) is 18.3. The summed E-state index contributed by atoms with van der Waals surface area (Å²) in [4.78, 5) is 22.9. The molecule has 2 N–H and O–H groups in total. The third-order valence-corrected chi connectivity index (χ3v) is 6.01. The van der Waals surface area contributed by atoms with Gasteiger partial charge in [-0.3, -0.25) is 14.0 Å². The largest absolute Gasteiger partial charge is 0.336 e. The SMILES string of the molecule is [C-]#[N+]c1ccc(-c2nc(C(=O)N3CC[C@H](N)C3)c(C)n2-c2ccc3cn(C)nc3c2)cc1F. The Balaban J connectivity index is 1.70. The quantitative estimate of drug-likeness (QED) is 0.490. The molecule has 1 saturated heterocycles. The van der Waals surface area contributed by atoms with Crippen LogP contribution in [0.3, 0.4) is 0 Å². The molecule has 0 saturated carbocycles. The molecule has 0 unspecified atom stereocenters. The molecule has 9 heteroatoms. The number of nitrogens with zero attached hydrogens (tertiary/aromatic N) is 6. The van der Waals surface area contributed by atoms with Gasteiger partial charge in [-0.05, 0) is 37.6 Å². The van der Waals surface area contributed by atoms with E-state index in [1.165, 1.54) is 12.1 Å². The zero-order chi connectivity index (χ0) is 23.3. The Morgan fingerprint density at radius 2 is 2.09 bits per heavy atom. The first-order valence-corrected chi connectivity index (χ1v) is 10.6. The van der Waals surface area contributed by atoms with Gasteiger partial charge in [0.15, 0.2) is 0 Å². The van der Waals surface area contributed by atoms with E-state index in [0.29, 0.717) is 35.9 Å². The lowest BCUT2D eigenvalue weighted by Crippen LogP contribution is -2.32. The van der Waals surface area contributed by atoms with Gasteiger partial charge in [0.05, 0.1) is 17.8 Å². The van der Waals surface area contributed by atoms with Crippen molar-refractivity contribution in [3.05, 3.63) is 71.2 Å². The van der Waals surface area contributed by atoms with Crippen molar-refractivity contribution in [2.75, 3.05) is 13.1 Å². The summed E-state index contributed by atoms with van der Waals surface area (Å²) < 4.78 is 18.1. The van der Waals surface area contributed by atoms with E-state index in [4.69, 9.17) is 12.3 Å². The van der Waals surface area contributed by atoms with Crippen molar-refractivity contribution in [3.63, 3.8) is 0 Å². The van der Waals surface area contributed by atoms with E-state index in [-0.39, 0.29) is 17.6 Å². The van der Waals surface area contributed by atoms with Gasteiger partial charge in [-0.25, -0.2) is 14.2 Å². The van der Waals surface area contributed by atoms with Gasteiger partial charge in [-0.2, -0.15) is 5.10 Å². The van der Waals surface area contributed by atoms with E-state index in [9.17, 15) is 9.18 Å². The van der Waals surface area contributed by atoms with Crippen molar-refractivity contribution >= 4 is 22.5 Å². The zero-order valence-electron chi connectivity index (χ0n) is 18.3. The summed E-state index contributed by atoms with van der Waals surface area (Å²) in [5.41, 5.74) is 8.90. The van der Waals surface area contributed by atoms with E-state index >= 15 is 0 Å². The highest BCUT2D eigenvalue weighted by Crippen LogP contribution is 2.31. The van der Waals surface area contributed by atoms with Gasteiger partial charge in [0, 0.05) is 49.0 Å². The fraction of sp³-hybridized carbons (Fsp3) is 0.250. The minimum absolute atomic E-state index is 0.0439. The molecule has 3 heterocycles. The summed E-state index contributed by atoms with van der Waals surface area (Å²) in [7, 11) is 1.85. The van der Waals surface area contributed by atoms with Crippen molar-refractivity contribution in [3.8, 4) is 17.1 Å². The third-order valence-electron chi connectivity index (χ3n) is 6.01. The average molecular weight is 443 g/mol. The minimum Gasteiger partial charge on any atom is -0.336 e. The number of fused-ring (bicyclic) bond motifs is 1. The summed E-state index contributed by atoms with van der Waals surface area (Å²) in [6.45, 7) is 10.0. The molecule has 0 bridgehead atoms. The maximum Gasteiger partial charge on any atom is 0.274 e. The maximum atomic E-state index is 14.5. The van der Waals surface area contributed by atoms with E-state index in [2.05, 4.69) is 14.9 Å². The molecule has 4 aromatic rings. The fourth-order valence-corrected chi connectivity index (χ4v) is 4.34. The number of carbonyl (C=O) groups is 1. The van der Waals surface area contributed by atoms with Crippen molar-refractivity contribution < 1.29 is 9.18 Å². The predicted molar refractivity (Wildman–Crippen MR) is 123 cm³/mol. The molecule has 8 nitrogen and oxygen atoms in total. The molecular formula is C24H22FN7O. The summed E-state index contributed by atoms with van der Waals surface area (Å²) in [5, 5.41) is 5.46. The van der Waals surface area contributed by atoms with E-state index in [1.54, 1.807) is 15.6 Å². The van der Waals surface area contributed by atoms with Crippen LogP contribution in [0.2, 0.25) is 0 Å². The normalized spacial score (nSPS) is 15.8. The van der Waals surface area contributed by atoms with E-state index in [1.807, 2.05) is 42.9 Å². The first-order valence-electron chi connectivity index (χ1n) is 10.6. The first kappa shape index (κ1) is 20.8. The van der Waals surface area contributed by atoms with Gasteiger partial charge < -0.3 is 10.6 Å². The maximum absolute atomic E-state index is 14.5. The second kappa shape index (κ2) is 7.83. The topological polar surface area (TPSA) is 86.3 Å². The Hall–Kier alpha value is -4.03. The van der Waals surface area contributed by atoms with Crippen LogP contribution in [0.15, 0.2) is 42.6 Å². The Kier molecular flexibility index (Phi) is 4.95. The fourth-order valence-electron chi connectivity index (χ4n) is 4.34. The molecule has 1 amide bonds. The van der Waals surface area contributed by atoms with Crippen LogP contribution in [0.5, 0.6) is 0 Å². The van der Waals surface area contributed by atoms with Gasteiger partial charge in [-0.15, -0.1) is 0 Å². The molecule has 1 aliphatic heterocycles. The molecule has 33 heavy (non-hydrogen) atoms. The molecule has 1 atom stereocenters. The lowest BCUT2D eigenvalue weighted by atomic mass is 10.1.